The standard InChI is InChI=1S/2C17H14N4O6S.Cr.3Na/c2*1-10-15(19-18-14-5-3-2-4-13(14)17(23)24)16(22)21(20-10)11-6-8-12(9-7-11)28(25,26)27;;;;/h2*2-9,20H,1H3,(H,23,24)(H,25,26,27);;;;/q;;;3*+1. The van der Waals surface area contributed by atoms with E-state index >= 15 is 0 Å². The van der Waals surface area contributed by atoms with E-state index in [1.54, 1.807) is 32.0 Å². The number of carboxylic acid groups (broad SMARTS) is 2. The Balaban J connectivity index is 0.000000562. The van der Waals surface area contributed by atoms with Gasteiger partial charge in [0, 0.05) is 22.9 Å². The zero-order chi connectivity index (χ0) is 40.9. The summed E-state index contributed by atoms with van der Waals surface area (Å²) in [5.74, 6) is -2.57. The number of nitrogens with zero attached hydrogens (tertiary/aromatic N) is 5. The van der Waals surface area contributed by atoms with Gasteiger partial charge in [-0.05, 0) is 85.7 Å². The molecule has 6 aromatic rings. The minimum absolute atomic E-state index is 0. The zero-order valence-electron chi connectivity index (χ0n) is 32.2. The number of aromatic nitrogens is 4. The number of carboxylic acids is 2. The molecule has 0 aliphatic rings. The molecule has 20 nitrogen and oxygen atoms in total. The number of hydrogen-bond acceptors (Lipinski definition) is 12. The van der Waals surface area contributed by atoms with Crippen LogP contribution in [-0.4, -0.2) is 62.5 Å². The molecule has 0 unspecified atom stereocenters. The molecule has 2 aromatic heterocycles. The summed E-state index contributed by atoms with van der Waals surface area (Å²) >= 11 is 0. The van der Waals surface area contributed by atoms with Gasteiger partial charge in [0.15, 0.2) is 5.69 Å². The van der Waals surface area contributed by atoms with Crippen molar-refractivity contribution in [3.63, 3.8) is 0 Å². The van der Waals surface area contributed by atoms with Crippen molar-refractivity contribution >= 4 is 54.9 Å². The summed E-state index contributed by atoms with van der Waals surface area (Å²) in [4.78, 5) is 47.0. The minimum atomic E-state index is -4.35. The molecular formula is C34H28CrN8Na3O12S2+3. The van der Waals surface area contributed by atoms with Crippen molar-refractivity contribution in [1.29, 1.82) is 0 Å². The van der Waals surface area contributed by atoms with Crippen molar-refractivity contribution in [1.82, 2.24) is 19.6 Å². The topological polar surface area (TPSA) is 313 Å². The van der Waals surface area contributed by atoms with Crippen LogP contribution in [-0.2, 0) is 37.6 Å². The average Bonchev–Trinajstić information content (AvgIpc) is 3.61. The molecule has 0 bridgehead atoms. The molecule has 0 aliphatic carbocycles. The molecule has 4 aromatic carbocycles. The molecule has 6 rings (SSSR count). The number of benzene rings is 4. The third-order valence-electron chi connectivity index (χ3n) is 7.70. The maximum Gasteiger partial charge on any atom is 1.00 e. The number of nitrogens with one attached hydrogen (secondary N) is 3. The number of carbonyl (C=O) groups is 2. The van der Waals surface area contributed by atoms with Crippen molar-refractivity contribution in [2.45, 2.75) is 23.6 Å². The van der Waals surface area contributed by atoms with Crippen molar-refractivity contribution in [2.24, 2.45) is 15.3 Å². The summed E-state index contributed by atoms with van der Waals surface area (Å²) in [7, 11) is -8.69. The SMILES string of the molecule is Cc1[nH]n(-c2ccc(S(=O)(=O)O)cc2)c(=O)c1N=Nc1ccccc1C(=O)[O-].Cc1[nH]n(-c2ccc(S(=O)(=O)O)cc2)c(=O)c1[NH+]=Nc1ccccc1C(=O)O.[Cr].[Na+].[Na+].[Na+]. The molecule has 2 heterocycles. The van der Waals surface area contributed by atoms with E-state index in [9.17, 15) is 46.2 Å². The van der Waals surface area contributed by atoms with Gasteiger partial charge in [0.1, 0.15) is 11.4 Å². The summed E-state index contributed by atoms with van der Waals surface area (Å²) in [5.41, 5.74) is 0.387. The summed E-state index contributed by atoms with van der Waals surface area (Å²) in [6, 6.07) is 21.8. The van der Waals surface area contributed by atoms with Gasteiger partial charge < -0.3 is 15.0 Å². The van der Waals surface area contributed by atoms with Crippen LogP contribution in [0.1, 0.15) is 32.1 Å². The van der Waals surface area contributed by atoms with Crippen LogP contribution in [0.25, 0.3) is 11.4 Å². The molecule has 0 spiro atoms. The first kappa shape index (κ1) is 54.4. The molecule has 0 saturated heterocycles. The van der Waals surface area contributed by atoms with Gasteiger partial charge in [-0.25, -0.2) is 14.2 Å². The van der Waals surface area contributed by atoms with Crippen LogP contribution in [0.3, 0.4) is 0 Å². The monoisotopic (exact) mass is 925 g/mol. The number of rotatable bonds is 10. The second-order valence-corrected chi connectivity index (χ2v) is 14.3. The number of azo groups is 2. The molecular weight excluding hydrogens is 898 g/mol. The minimum Gasteiger partial charge on any atom is -0.545 e. The number of para-hydroxylation sites is 1. The van der Waals surface area contributed by atoms with E-state index in [4.69, 9.17) is 9.11 Å². The van der Waals surface area contributed by atoms with Gasteiger partial charge >= 0.3 is 106 Å². The molecule has 294 valence electrons. The van der Waals surface area contributed by atoms with E-state index in [0.29, 0.717) is 22.8 Å². The number of carbonyl (C=O) groups excluding carboxylic acids is 1. The third-order valence-corrected chi connectivity index (χ3v) is 9.44. The van der Waals surface area contributed by atoms with Gasteiger partial charge in [0.2, 0.25) is 0 Å². The first-order valence-corrected chi connectivity index (χ1v) is 18.5. The number of aryl methyl sites for hydroxylation is 2. The first-order chi connectivity index (χ1) is 26.4. The molecule has 0 aliphatic heterocycles. The Morgan fingerprint density at radius 2 is 1.08 bits per heavy atom. The van der Waals surface area contributed by atoms with Crippen LogP contribution >= 0.6 is 0 Å². The molecule has 0 fully saturated rings. The van der Waals surface area contributed by atoms with Crippen molar-refractivity contribution in [3.8, 4) is 11.4 Å². The molecule has 0 amide bonds. The van der Waals surface area contributed by atoms with E-state index in [2.05, 4.69) is 30.7 Å². The predicted molar refractivity (Wildman–Crippen MR) is 193 cm³/mol. The van der Waals surface area contributed by atoms with E-state index in [-0.39, 0.29) is 150 Å². The van der Waals surface area contributed by atoms with Crippen molar-refractivity contribution in [2.75, 3.05) is 0 Å². The second-order valence-electron chi connectivity index (χ2n) is 11.5. The van der Waals surface area contributed by atoms with Crippen LogP contribution in [0.15, 0.2) is 132 Å². The first-order valence-electron chi connectivity index (χ1n) is 15.7. The molecule has 6 N–H and O–H groups in total. The largest absolute Gasteiger partial charge is 1.00 e. The third kappa shape index (κ3) is 13.2. The summed E-state index contributed by atoms with van der Waals surface area (Å²) in [6.07, 6.45) is 0. The van der Waals surface area contributed by atoms with E-state index in [0.717, 1.165) is 33.6 Å². The summed E-state index contributed by atoms with van der Waals surface area (Å²) < 4.78 is 64.8. The second kappa shape index (κ2) is 23.0. The van der Waals surface area contributed by atoms with Crippen LogP contribution < -0.4 is 110 Å². The van der Waals surface area contributed by atoms with Crippen LogP contribution in [0.2, 0.25) is 0 Å². The number of hydrogen-bond donors (Lipinski definition) is 6. The maximum atomic E-state index is 12.6. The molecule has 0 radical (unpaired) electrons. The Hall–Kier alpha value is -3.61. The van der Waals surface area contributed by atoms with Gasteiger partial charge in [-0.3, -0.25) is 28.9 Å². The Kier molecular flexibility index (Phi) is 20.9. The van der Waals surface area contributed by atoms with Gasteiger partial charge in [-0.1, -0.05) is 35.4 Å². The van der Waals surface area contributed by atoms with Crippen LogP contribution in [0, 0.1) is 13.8 Å². The number of aromatic carboxylic acids is 2. The summed E-state index contributed by atoms with van der Waals surface area (Å²) in [5, 5.41) is 40.1. The molecule has 26 heteroatoms. The van der Waals surface area contributed by atoms with Gasteiger partial charge in [0.05, 0.1) is 44.1 Å². The number of H-pyrrole nitrogens is 2. The van der Waals surface area contributed by atoms with E-state index in [1.807, 2.05) is 0 Å². The molecule has 0 saturated carbocycles. The Morgan fingerprint density at radius 3 is 1.55 bits per heavy atom. The molecule has 0 atom stereocenters. The fraction of sp³-hybridized carbons (Fsp3) is 0.0588. The van der Waals surface area contributed by atoms with E-state index in [1.165, 1.54) is 54.6 Å². The van der Waals surface area contributed by atoms with Gasteiger partial charge in [0.25, 0.3) is 25.8 Å². The molecule has 60 heavy (non-hydrogen) atoms. The number of aromatic amines is 2. The predicted octanol–water partition coefficient (Wildman–Crippen LogP) is -6.58. The normalized spacial score (nSPS) is 11.0. The smallest absolute Gasteiger partial charge is 0.545 e. The fourth-order valence-corrected chi connectivity index (χ4v) is 5.90. The quantitative estimate of drug-likeness (QED) is 0.0425. The van der Waals surface area contributed by atoms with Crippen molar-refractivity contribution < 1.29 is 157 Å². The maximum absolute atomic E-state index is 12.6. The summed E-state index contributed by atoms with van der Waals surface area (Å²) in [6.45, 7) is 3.19. The zero-order valence-corrected chi connectivity index (χ0v) is 41.1. The van der Waals surface area contributed by atoms with Crippen molar-refractivity contribution in [3.05, 3.63) is 140 Å². The Bertz CT molecular complexity index is 2700. The Labute approximate surface area is 417 Å². The fourth-order valence-electron chi connectivity index (χ4n) is 4.94. The Morgan fingerprint density at radius 1 is 0.650 bits per heavy atom. The van der Waals surface area contributed by atoms with Gasteiger partial charge in [-0.2, -0.15) is 16.8 Å². The van der Waals surface area contributed by atoms with Crippen LogP contribution in [0.4, 0.5) is 22.7 Å². The van der Waals surface area contributed by atoms with Crippen LogP contribution in [0.5, 0.6) is 0 Å². The van der Waals surface area contributed by atoms with Gasteiger partial charge in [-0.15, -0.1) is 10.2 Å². The van der Waals surface area contributed by atoms with E-state index < -0.39 is 43.3 Å². The average molecular weight is 926 g/mol.